The largest absolute Gasteiger partial charge is 0.369 e. The molecule has 1 rings (SSSR count). The summed E-state index contributed by atoms with van der Waals surface area (Å²) in [6.45, 7) is 3.29. The minimum atomic E-state index is -3.15. The van der Waals surface area contributed by atoms with Gasteiger partial charge in [0, 0.05) is 33.7 Å². The van der Waals surface area contributed by atoms with Gasteiger partial charge in [-0.1, -0.05) is 6.92 Å². The fourth-order valence-corrected chi connectivity index (χ4v) is 2.73. The number of aromatic nitrogens is 2. The molecule has 0 spiro atoms. The van der Waals surface area contributed by atoms with Crippen molar-refractivity contribution < 1.29 is 13.2 Å². The first-order chi connectivity index (χ1) is 10.3. The standard InChI is InChI=1S/C13H23N5O3S/c1-5-18(22(4,20)21)10-6-9-14-12-8-7-11(15-16-12)13(19)17(2)3/h7-8H,5-6,9-10H2,1-4H3,(H,14,16). The number of hydrogen-bond donors (Lipinski definition) is 1. The molecule has 1 N–H and O–H groups in total. The van der Waals surface area contributed by atoms with Crippen LogP contribution in [0.5, 0.6) is 0 Å². The maximum Gasteiger partial charge on any atom is 0.273 e. The number of anilines is 1. The van der Waals surface area contributed by atoms with Crippen LogP contribution in [0.4, 0.5) is 5.82 Å². The average Bonchev–Trinajstić information content (AvgIpc) is 2.45. The summed E-state index contributed by atoms with van der Waals surface area (Å²) in [6.07, 6.45) is 1.86. The van der Waals surface area contributed by atoms with Gasteiger partial charge in [-0.05, 0) is 18.6 Å². The van der Waals surface area contributed by atoms with Crippen molar-refractivity contribution in [3.05, 3.63) is 17.8 Å². The summed E-state index contributed by atoms with van der Waals surface area (Å²) in [6, 6.07) is 3.28. The molecule has 0 unspecified atom stereocenters. The van der Waals surface area contributed by atoms with E-state index >= 15 is 0 Å². The lowest BCUT2D eigenvalue weighted by molar-refractivity contribution is 0.0821. The topological polar surface area (TPSA) is 95.5 Å². The van der Waals surface area contributed by atoms with Gasteiger partial charge in [-0.3, -0.25) is 4.79 Å². The van der Waals surface area contributed by atoms with E-state index in [1.807, 2.05) is 0 Å². The molecule has 0 aliphatic rings. The number of rotatable bonds is 8. The molecule has 1 aromatic rings. The minimum absolute atomic E-state index is 0.203. The fourth-order valence-electron chi connectivity index (χ4n) is 1.80. The zero-order chi connectivity index (χ0) is 16.8. The first kappa shape index (κ1) is 18.3. The van der Waals surface area contributed by atoms with E-state index in [1.165, 1.54) is 15.5 Å². The molecule has 1 amide bonds. The maximum atomic E-state index is 11.7. The van der Waals surface area contributed by atoms with Crippen LogP contribution in [-0.4, -0.2) is 73.7 Å². The zero-order valence-electron chi connectivity index (χ0n) is 13.4. The SMILES string of the molecule is CCN(CCCNc1ccc(C(=O)N(C)C)nn1)S(C)(=O)=O. The highest BCUT2D eigenvalue weighted by Crippen LogP contribution is 2.04. The Morgan fingerprint density at radius 3 is 2.41 bits per heavy atom. The number of hydrogen-bond acceptors (Lipinski definition) is 6. The smallest absolute Gasteiger partial charge is 0.273 e. The van der Waals surface area contributed by atoms with E-state index in [4.69, 9.17) is 0 Å². The molecule has 0 saturated heterocycles. The van der Waals surface area contributed by atoms with Crippen molar-refractivity contribution >= 4 is 21.7 Å². The van der Waals surface area contributed by atoms with Crippen molar-refractivity contribution in [3.63, 3.8) is 0 Å². The van der Waals surface area contributed by atoms with E-state index < -0.39 is 10.0 Å². The summed E-state index contributed by atoms with van der Waals surface area (Å²) in [5.74, 6) is 0.350. The summed E-state index contributed by atoms with van der Waals surface area (Å²) < 4.78 is 24.3. The Hall–Kier alpha value is -1.74. The highest BCUT2D eigenvalue weighted by molar-refractivity contribution is 7.88. The van der Waals surface area contributed by atoms with Crippen LogP contribution in [0.1, 0.15) is 23.8 Å². The Morgan fingerprint density at radius 1 is 1.27 bits per heavy atom. The van der Waals surface area contributed by atoms with Crippen molar-refractivity contribution in [2.45, 2.75) is 13.3 Å². The lowest BCUT2D eigenvalue weighted by Gasteiger charge is -2.17. The summed E-state index contributed by atoms with van der Waals surface area (Å²) in [5.41, 5.74) is 0.282. The Bertz CT molecular complexity index is 586. The number of sulfonamides is 1. The van der Waals surface area contributed by atoms with Crippen LogP contribution in [0.3, 0.4) is 0 Å². The fraction of sp³-hybridized carbons (Fsp3) is 0.615. The number of carbonyl (C=O) groups excluding carboxylic acids is 1. The molecular weight excluding hydrogens is 306 g/mol. The van der Waals surface area contributed by atoms with Gasteiger partial charge in [0.15, 0.2) is 5.69 Å². The number of carbonyl (C=O) groups is 1. The lowest BCUT2D eigenvalue weighted by atomic mass is 10.3. The summed E-state index contributed by atoms with van der Waals surface area (Å²) in [4.78, 5) is 13.1. The third-order valence-electron chi connectivity index (χ3n) is 3.00. The van der Waals surface area contributed by atoms with Crippen molar-refractivity contribution in [1.29, 1.82) is 0 Å². The molecule has 1 aromatic heterocycles. The average molecular weight is 329 g/mol. The molecule has 0 aliphatic heterocycles. The van der Waals surface area contributed by atoms with Gasteiger partial charge in [-0.2, -0.15) is 0 Å². The van der Waals surface area contributed by atoms with Gasteiger partial charge in [0.1, 0.15) is 5.82 Å². The molecule has 0 bridgehead atoms. The van der Waals surface area contributed by atoms with Gasteiger partial charge in [-0.25, -0.2) is 12.7 Å². The van der Waals surface area contributed by atoms with Gasteiger partial charge >= 0.3 is 0 Å². The number of nitrogens with zero attached hydrogens (tertiary/aromatic N) is 4. The Morgan fingerprint density at radius 2 is 1.95 bits per heavy atom. The highest BCUT2D eigenvalue weighted by Gasteiger charge is 2.13. The number of amides is 1. The van der Waals surface area contributed by atoms with Crippen LogP contribution in [0.15, 0.2) is 12.1 Å². The van der Waals surface area contributed by atoms with Gasteiger partial charge in [0.2, 0.25) is 10.0 Å². The quantitative estimate of drug-likeness (QED) is 0.688. The second-order valence-corrected chi connectivity index (χ2v) is 7.02. The van der Waals surface area contributed by atoms with Crippen LogP contribution in [0.25, 0.3) is 0 Å². The van der Waals surface area contributed by atoms with E-state index in [-0.39, 0.29) is 11.6 Å². The Kier molecular flexibility index (Phi) is 6.69. The van der Waals surface area contributed by atoms with Crippen molar-refractivity contribution in [3.8, 4) is 0 Å². The van der Waals surface area contributed by atoms with E-state index in [2.05, 4.69) is 15.5 Å². The molecule has 0 aromatic carbocycles. The summed E-state index contributed by atoms with van der Waals surface area (Å²) >= 11 is 0. The van der Waals surface area contributed by atoms with Crippen molar-refractivity contribution in [2.75, 3.05) is 45.3 Å². The van der Waals surface area contributed by atoms with E-state index in [1.54, 1.807) is 33.2 Å². The molecule has 124 valence electrons. The van der Waals surface area contributed by atoms with Crippen LogP contribution < -0.4 is 5.32 Å². The van der Waals surface area contributed by atoms with Crippen LogP contribution >= 0.6 is 0 Å². The normalized spacial score (nSPS) is 11.5. The van der Waals surface area contributed by atoms with Crippen LogP contribution in [0, 0.1) is 0 Å². The molecule has 0 fully saturated rings. The number of nitrogens with one attached hydrogen (secondary N) is 1. The van der Waals surface area contributed by atoms with E-state index in [0.29, 0.717) is 31.9 Å². The predicted molar refractivity (Wildman–Crippen MR) is 85.2 cm³/mol. The summed E-state index contributed by atoms with van der Waals surface area (Å²) in [7, 11) is 0.153. The second kappa shape index (κ2) is 8.04. The zero-order valence-corrected chi connectivity index (χ0v) is 14.2. The molecule has 0 aliphatic carbocycles. The van der Waals surface area contributed by atoms with Crippen LogP contribution in [-0.2, 0) is 10.0 Å². The molecule has 1 heterocycles. The molecule has 0 radical (unpaired) electrons. The molecule has 0 atom stereocenters. The van der Waals surface area contributed by atoms with Crippen molar-refractivity contribution in [1.82, 2.24) is 19.4 Å². The van der Waals surface area contributed by atoms with Crippen LogP contribution in [0.2, 0.25) is 0 Å². The van der Waals surface area contributed by atoms with Gasteiger partial charge in [-0.15, -0.1) is 10.2 Å². The maximum absolute atomic E-state index is 11.7. The minimum Gasteiger partial charge on any atom is -0.369 e. The summed E-state index contributed by atoms with van der Waals surface area (Å²) in [5, 5.41) is 10.8. The van der Waals surface area contributed by atoms with Gasteiger partial charge < -0.3 is 10.2 Å². The highest BCUT2D eigenvalue weighted by atomic mass is 32.2. The second-order valence-electron chi connectivity index (χ2n) is 5.04. The third kappa shape index (κ3) is 5.57. The van der Waals surface area contributed by atoms with Gasteiger partial charge in [0.05, 0.1) is 6.26 Å². The molecular formula is C13H23N5O3S. The van der Waals surface area contributed by atoms with E-state index in [9.17, 15) is 13.2 Å². The first-order valence-corrected chi connectivity index (χ1v) is 8.85. The Labute approximate surface area is 131 Å². The third-order valence-corrected chi connectivity index (χ3v) is 4.38. The molecule has 22 heavy (non-hydrogen) atoms. The molecule has 0 saturated carbocycles. The Balaban J connectivity index is 2.44. The first-order valence-electron chi connectivity index (χ1n) is 7.00. The monoisotopic (exact) mass is 329 g/mol. The van der Waals surface area contributed by atoms with Gasteiger partial charge in [0.25, 0.3) is 5.91 Å². The van der Waals surface area contributed by atoms with Crippen molar-refractivity contribution in [2.24, 2.45) is 0 Å². The lowest BCUT2D eigenvalue weighted by Crippen LogP contribution is -2.31. The van der Waals surface area contributed by atoms with E-state index in [0.717, 1.165) is 0 Å². The predicted octanol–water partition coefficient (Wildman–Crippen LogP) is 0.262. The molecule has 9 heteroatoms. The molecule has 8 nitrogen and oxygen atoms in total.